The molecule has 0 bridgehead atoms. The molecule has 0 N–H and O–H groups in total. The van der Waals surface area contributed by atoms with Gasteiger partial charge in [-0.25, -0.2) is 18.1 Å². The van der Waals surface area contributed by atoms with Crippen LogP contribution in [0.15, 0.2) is 0 Å². The molecule has 2 aliphatic heterocycles. The first-order valence-corrected chi connectivity index (χ1v) is 9.00. The van der Waals surface area contributed by atoms with Gasteiger partial charge in [-0.15, -0.1) is 0 Å². The van der Waals surface area contributed by atoms with Crippen LogP contribution in [0, 0.1) is 11.8 Å². The number of hydrogen-bond acceptors (Lipinski definition) is 6. The Labute approximate surface area is 123 Å². The number of fused-ring (bicyclic) bond motifs is 1. The van der Waals surface area contributed by atoms with Crippen molar-refractivity contribution in [3.05, 3.63) is 11.6 Å². The maximum atomic E-state index is 11.6. The molecular weight excluding hydrogens is 294 g/mol. The molecule has 1 fully saturated rings. The summed E-state index contributed by atoms with van der Waals surface area (Å²) in [5.74, 6) is 1.83. The Morgan fingerprint density at radius 2 is 2.24 bits per heavy atom. The summed E-state index contributed by atoms with van der Waals surface area (Å²) in [4.78, 5) is 16.1. The molecule has 1 aromatic heterocycles. The highest BCUT2D eigenvalue weighted by molar-refractivity contribution is 7.91. The molecule has 2 unspecified atom stereocenters. The van der Waals surface area contributed by atoms with E-state index in [1.807, 2.05) is 0 Å². The van der Waals surface area contributed by atoms with Gasteiger partial charge in [0, 0.05) is 12.8 Å². The maximum Gasteiger partial charge on any atom is 0.310 e. The van der Waals surface area contributed by atoms with Gasteiger partial charge in [0.25, 0.3) is 0 Å². The fourth-order valence-corrected chi connectivity index (χ4v) is 4.96. The van der Waals surface area contributed by atoms with Crippen LogP contribution in [0.1, 0.15) is 24.5 Å². The fraction of sp³-hybridized carbons (Fsp3) is 0.769. The largest absolute Gasteiger partial charge is 0.469 e. The zero-order chi connectivity index (χ0) is 15.0. The Kier molecular flexibility index (Phi) is 3.73. The van der Waals surface area contributed by atoms with Crippen molar-refractivity contribution in [3.63, 3.8) is 0 Å². The highest BCUT2D eigenvalue weighted by atomic mass is 32.2. The van der Waals surface area contributed by atoms with Gasteiger partial charge in [-0.3, -0.25) is 4.79 Å². The molecule has 2 atom stereocenters. The Morgan fingerprint density at radius 1 is 1.43 bits per heavy atom. The second-order valence-electron chi connectivity index (χ2n) is 5.86. The second-order valence-corrected chi connectivity index (χ2v) is 8.09. The normalized spacial score (nSPS) is 27.3. The molecule has 2 aliphatic rings. The molecule has 8 heteroatoms. The zero-order valence-electron chi connectivity index (χ0n) is 12.0. The summed E-state index contributed by atoms with van der Waals surface area (Å²) in [6.45, 7) is 0.498. The Morgan fingerprint density at radius 3 is 2.90 bits per heavy atom. The lowest BCUT2D eigenvalue weighted by molar-refractivity contribution is -0.146. The number of carbonyl (C=O) groups is 1. The summed E-state index contributed by atoms with van der Waals surface area (Å²) in [6, 6.07) is 0. The van der Waals surface area contributed by atoms with Crippen LogP contribution in [0.25, 0.3) is 0 Å². The third kappa shape index (κ3) is 3.09. The number of hydrogen-bond donors (Lipinski definition) is 0. The van der Waals surface area contributed by atoms with Gasteiger partial charge in [-0.2, -0.15) is 5.10 Å². The first-order valence-electron chi connectivity index (χ1n) is 7.17. The number of carbonyl (C=O) groups excluding carboxylic acids is 1. The summed E-state index contributed by atoms with van der Waals surface area (Å²) < 4.78 is 29.5. The lowest BCUT2D eigenvalue weighted by Gasteiger charge is -2.19. The van der Waals surface area contributed by atoms with E-state index in [9.17, 15) is 13.2 Å². The summed E-state index contributed by atoms with van der Waals surface area (Å²) in [5, 5.41) is 4.43. The Hall–Kier alpha value is -1.44. The van der Waals surface area contributed by atoms with E-state index < -0.39 is 9.84 Å². The fourth-order valence-electron chi connectivity index (χ4n) is 3.10. The van der Waals surface area contributed by atoms with Crippen molar-refractivity contribution in [2.75, 3.05) is 18.6 Å². The highest BCUT2D eigenvalue weighted by Crippen LogP contribution is 2.24. The predicted molar refractivity (Wildman–Crippen MR) is 74.3 cm³/mol. The third-order valence-corrected chi connectivity index (χ3v) is 6.07. The molecule has 0 radical (unpaired) electrons. The van der Waals surface area contributed by atoms with Crippen molar-refractivity contribution in [1.29, 1.82) is 0 Å². The van der Waals surface area contributed by atoms with E-state index in [1.165, 1.54) is 7.11 Å². The number of sulfone groups is 1. The lowest BCUT2D eigenvalue weighted by Crippen LogP contribution is -2.28. The maximum absolute atomic E-state index is 11.6. The SMILES string of the molecule is COC(=O)C1CCc2nc(CC3CCS(=O)(=O)C3)nn2C1. The molecule has 0 aliphatic carbocycles. The molecule has 0 saturated carbocycles. The van der Waals surface area contributed by atoms with Gasteiger partial charge in [0.1, 0.15) is 5.82 Å². The average Bonchev–Trinajstić information content (AvgIpc) is 2.99. The van der Waals surface area contributed by atoms with Crippen molar-refractivity contribution >= 4 is 15.8 Å². The standard InChI is InChI=1S/C13H19N3O4S/c1-20-13(17)10-2-3-12-14-11(15-16(12)7-10)6-9-4-5-21(18,19)8-9/h9-10H,2-8H2,1H3. The molecular formula is C13H19N3O4S. The van der Waals surface area contributed by atoms with Gasteiger partial charge < -0.3 is 4.74 Å². The molecule has 116 valence electrons. The number of aryl methyl sites for hydroxylation is 1. The van der Waals surface area contributed by atoms with Gasteiger partial charge >= 0.3 is 5.97 Å². The molecule has 3 rings (SSSR count). The van der Waals surface area contributed by atoms with Crippen LogP contribution >= 0.6 is 0 Å². The number of esters is 1. The Bertz CT molecular complexity index is 652. The smallest absolute Gasteiger partial charge is 0.310 e. The van der Waals surface area contributed by atoms with Crippen LogP contribution in [0.5, 0.6) is 0 Å². The minimum absolute atomic E-state index is 0.121. The molecule has 0 spiro atoms. The van der Waals surface area contributed by atoms with E-state index in [4.69, 9.17) is 4.74 Å². The number of aromatic nitrogens is 3. The van der Waals surface area contributed by atoms with E-state index in [1.54, 1.807) is 4.68 Å². The lowest BCUT2D eigenvalue weighted by atomic mass is 10.0. The minimum atomic E-state index is -2.86. The molecule has 3 heterocycles. The van der Waals surface area contributed by atoms with Gasteiger partial charge in [-0.1, -0.05) is 0 Å². The van der Waals surface area contributed by atoms with Crippen LogP contribution in [0.2, 0.25) is 0 Å². The molecule has 1 aromatic rings. The molecule has 21 heavy (non-hydrogen) atoms. The number of ether oxygens (including phenoxy) is 1. The van der Waals surface area contributed by atoms with Crippen LogP contribution in [0.4, 0.5) is 0 Å². The van der Waals surface area contributed by atoms with E-state index >= 15 is 0 Å². The first kappa shape index (κ1) is 14.5. The second kappa shape index (κ2) is 5.40. The summed E-state index contributed by atoms with van der Waals surface area (Å²) in [6.07, 6.45) is 2.72. The van der Waals surface area contributed by atoms with Crippen LogP contribution < -0.4 is 0 Å². The number of nitrogens with zero attached hydrogens (tertiary/aromatic N) is 3. The van der Waals surface area contributed by atoms with E-state index in [0.717, 1.165) is 12.2 Å². The molecule has 1 saturated heterocycles. The predicted octanol–water partition coefficient (Wildman–Crippen LogP) is -0.00930. The topological polar surface area (TPSA) is 91.2 Å². The summed E-state index contributed by atoms with van der Waals surface area (Å²) >= 11 is 0. The average molecular weight is 313 g/mol. The van der Waals surface area contributed by atoms with Crippen LogP contribution in [-0.4, -0.2) is 47.8 Å². The van der Waals surface area contributed by atoms with Crippen molar-refractivity contribution in [2.45, 2.75) is 32.2 Å². The monoisotopic (exact) mass is 313 g/mol. The summed E-state index contributed by atoms with van der Waals surface area (Å²) in [7, 11) is -1.47. The van der Waals surface area contributed by atoms with Crippen LogP contribution in [0.3, 0.4) is 0 Å². The zero-order valence-corrected chi connectivity index (χ0v) is 12.8. The van der Waals surface area contributed by atoms with Crippen molar-refractivity contribution in [2.24, 2.45) is 11.8 Å². The number of methoxy groups -OCH3 is 1. The quantitative estimate of drug-likeness (QED) is 0.729. The van der Waals surface area contributed by atoms with Crippen molar-refractivity contribution in [3.8, 4) is 0 Å². The van der Waals surface area contributed by atoms with Gasteiger partial charge in [0.05, 0.1) is 31.1 Å². The number of rotatable bonds is 3. The summed E-state index contributed by atoms with van der Waals surface area (Å²) in [5.41, 5.74) is 0. The Balaban J connectivity index is 1.68. The van der Waals surface area contributed by atoms with E-state index in [0.29, 0.717) is 31.6 Å². The minimum Gasteiger partial charge on any atom is -0.469 e. The van der Waals surface area contributed by atoms with E-state index in [2.05, 4.69) is 10.1 Å². The van der Waals surface area contributed by atoms with Crippen LogP contribution in [-0.2, 0) is 38.8 Å². The van der Waals surface area contributed by atoms with Crippen molar-refractivity contribution in [1.82, 2.24) is 14.8 Å². The highest BCUT2D eigenvalue weighted by Gasteiger charge is 2.31. The van der Waals surface area contributed by atoms with Gasteiger partial charge in [0.15, 0.2) is 15.7 Å². The molecule has 0 amide bonds. The third-order valence-electron chi connectivity index (χ3n) is 4.23. The first-order chi connectivity index (χ1) is 9.97. The van der Waals surface area contributed by atoms with E-state index in [-0.39, 0.29) is 29.3 Å². The van der Waals surface area contributed by atoms with Crippen molar-refractivity contribution < 1.29 is 17.9 Å². The molecule has 0 aromatic carbocycles. The van der Waals surface area contributed by atoms with Gasteiger partial charge in [-0.05, 0) is 18.8 Å². The molecule has 7 nitrogen and oxygen atoms in total. The van der Waals surface area contributed by atoms with Gasteiger partial charge in [0.2, 0.25) is 0 Å².